The van der Waals surface area contributed by atoms with Gasteiger partial charge in [-0.1, -0.05) is 13.0 Å². The molecule has 6 nitrogen and oxygen atoms in total. The Bertz CT molecular complexity index is 1050. The highest BCUT2D eigenvalue weighted by molar-refractivity contribution is 5.94. The van der Waals surface area contributed by atoms with E-state index in [1.807, 2.05) is 6.92 Å². The van der Waals surface area contributed by atoms with Crippen LogP contribution in [0.2, 0.25) is 0 Å². The van der Waals surface area contributed by atoms with E-state index in [2.05, 4.69) is 15.1 Å². The largest absolute Gasteiger partial charge is 0.338 e. The lowest BCUT2D eigenvalue weighted by Gasteiger charge is -2.37. The first-order valence-electron chi connectivity index (χ1n) is 9.08. The average Bonchev–Trinajstić information content (AvgIpc) is 3.16. The number of piperidine rings is 1. The van der Waals surface area contributed by atoms with E-state index in [4.69, 9.17) is 0 Å². The number of hydrogen-bond donors (Lipinski definition) is 0. The number of alkyl halides is 2. The minimum absolute atomic E-state index is 0.0184. The second-order valence-corrected chi connectivity index (χ2v) is 7.10. The first-order valence-corrected chi connectivity index (χ1v) is 9.08. The zero-order valence-corrected chi connectivity index (χ0v) is 15.4. The van der Waals surface area contributed by atoms with Crippen LogP contribution in [0.25, 0.3) is 5.78 Å². The molecular formula is C19H17F4N5O. The van der Waals surface area contributed by atoms with E-state index in [0.717, 1.165) is 12.1 Å². The second-order valence-electron chi connectivity index (χ2n) is 7.10. The summed E-state index contributed by atoms with van der Waals surface area (Å²) in [6.07, 6.45) is -1.04. The fraction of sp³-hybridized carbons (Fsp3) is 0.368. The molecule has 2 atom stereocenters. The minimum Gasteiger partial charge on any atom is -0.338 e. The summed E-state index contributed by atoms with van der Waals surface area (Å²) in [5, 5.41) is 4.06. The molecule has 1 fully saturated rings. The standard InChI is InChI=1S/C19H17F4N5O/c1-10-5-6-27(18(29)16-12(20)3-2-4-13(16)21)8-11(10)15-7-14(17(22)23)26-19-24-9-25-28(15)19/h2-4,7,9-11,17H,5-6,8H2,1H3. The van der Waals surface area contributed by atoms with E-state index in [-0.39, 0.29) is 24.2 Å². The molecule has 29 heavy (non-hydrogen) atoms. The predicted molar refractivity (Wildman–Crippen MR) is 94.5 cm³/mol. The van der Waals surface area contributed by atoms with Crippen LogP contribution in [-0.2, 0) is 0 Å². The SMILES string of the molecule is CC1CCN(C(=O)c2c(F)cccc2F)CC1c1cc(C(F)F)nc2ncnn12. The number of likely N-dealkylation sites (tertiary alicyclic amines) is 1. The van der Waals surface area contributed by atoms with Crippen molar-refractivity contribution in [3.8, 4) is 0 Å². The summed E-state index contributed by atoms with van der Waals surface area (Å²) in [4.78, 5) is 21.8. The molecule has 3 heterocycles. The summed E-state index contributed by atoms with van der Waals surface area (Å²) < 4.78 is 56.1. The van der Waals surface area contributed by atoms with Gasteiger partial charge in [-0.05, 0) is 30.5 Å². The van der Waals surface area contributed by atoms with Crippen molar-refractivity contribution in [1.29, 1.82) is 0 Å². The van der Waals surface area contributed by atoms with Crippen molar-refractivity contribution in [3.05, 3.63) is 59.2 Å². The zero-order chi connectivity index (χ0) is 20.7. The Morgan fingerprint density at radius 3 is 2.66 bits per heavy atom. The van der Waals surface area contributed by atoms with Gasteiger partial charge in [-0.2, -0.15) is 10.1 Å². The summed E-state index contributed by atoms with van der Waals surface area (Å²) in [5.74, 6) is -2.97. The van der Waals surface area contributed by atoms with Gasteiger partial charge in [-0.25, -0.2) is 27.1 Å². The second kappa shape index (κ2) is 7.41. The lowest BCUT2D eigenvalue weighted by molar-refractivity contribution is 0.0655. The van der Waals surface area contributed by atoms with Crippen molar-refractivity contribution in [3.63, 3.8) is 0 Å². The highest BCUT2D eigenvalue weighted by Crippen LogP contribution is 2.34. The number of hydrogen-bond acceptors (Lipinski definition) is 4. The number of carbonyl (C=O) groups is 1. The summed E-state index contributed by atoms with van der Waals surface area (Å²) in [6, 6.07) is 4.49. The van der Waals surface area contributed by atoms with Gasteiger partial charge in [0.1, 0.15) is 29.2 Å². The van der Waals surface area contributed by atoms with Crippen molar-refractivity contribution in [2.75, 3.05) is 13.1 Å². The number of nitrogens with zero attached hydrogens (tertiary/aromatic N) is 5. The molecule has 3 aromatic rings. The zero-order valence-electron chi connectivity index (χ0n) is 15.4. The van der Waals surface area contributed by atoms with E-state index in [1.165, 1.54) is 27.9 Å². The van der Waals surface area contributed by atoms with Crippen LogP contribution in [-0.4, -0.2) is 43.5 Å². The van der Waals surface area contributed by atoms with Gasteiger partial charge in [0.15, 0.2) is 0 Å². The molecule has 0 radical (unpaired) electrons. The van der Waals surface area contributed by atoms with Gasteiger partial charge < -0.3 is 4.90 Å². The molecule has 10 heteroatoms. The minimum atomic E-state index is -2.79. The molecular weight excluding hydrogens is 390 g/mol. The smallest absolute Gasteiger partial charge is 0.280 e. The third-order valence-electron chi connectivity index (χ3n) is 5.32. The topological polar surface area (TPSA) is 63.4 Å². The molecule has 152 valence electrons. The molecule has 0 bridgehead atoms. The third-order valence-corrected chi connectivity index (χ3v) is 5.32. The molecule has 0 aliphatic carbocycles. The van der Waals surface area contributed by atoms with Gasteiger partial charge in [-0.15, -0.1) is 0 Å². The van der Waals surface area contributed by atoms with E-state index in [9.17, 15) is 22.4 Å². The fourth-order valence-electron chi connectivity index (χ4n) is 3.73. The summed E-state index contributed by atoms with van der Waals surface area (Å²) in [7, 11) is 0. The number of aromatic nitrogens is 4. The van der Waals surface area contributed by atoms with Crippen molar-refractivity contribution in [2.45, 2.75) is 25.7 Å². The molecule has 1 aliphatic heterocycles. The maximum absolute atomic E-state index is 14.1. The molecule has 1 amide bonds. The first kappa shape index (κ1) is 19.3. The molecule has 0 N–H and O–H groups in total. The number of fused-ring (bicyclic) bond motifs is 1. The Labute approximate surface area is 163 Å². The Morgan fingerprint density at radius 1 is 1.24 bits per heavy atom. The highest BCUT2D eigenvalue weighted by atomic mass is 19.3. The Balaban J connectivity index is 1.71. The molecule has 0 saturated carbocycles. The lowest BCUT2D eigenvalue weighted by Crippen LogP contribution is -2.43. The van der Waals surface area contributed by atoms with E-state index in [1.54, 1.807) is 0 Å². The maximum atomic E-state index is 14.1. The van der Waals surface area contributed by atoms with Crippen molar-refractivity contribution < 1.29 is 22.4 Å². The summed E-state index contributed by atoms with van der Waals surface area (Å²) >= 11 is 0. The Hall–Kier alpha value is -3.04. The van der Waals surface area contributed by atoms with Gasteiger partial charge >= 0.3 is 0 Å². The summed E-state index contributed by atoms with van der Waals surface area (Å²) in [6.45, 7) is 2.34. The lowest BCUT2D eigenvalue weighted by atomic mass is 9.84. The van der Waals surface area contributed by atoms with Crippen molar-refractivity contribution >= 4 is 11.7 Å². The number of halogens is 4. The molecule has 1 aliphatic rings. The maximum Gasteiger partial charge on any atom is 0.280 e. The van der Waals surface area contributed by atoms with Crippen molar-refractivity contribution in [1.82, 2.24) is 24.5 Å². The van der Waals surface area contributed by atoms with E-state index in [0.29, 0.717) is 18.7 Å². The molecule has 2 aromatic heterocycles. The Morgan fingerprint density at radius 2 is 1.97 bits per heavy atom. The number of carbonyl (C=O) groups excluding carboxylic acids is 1. The van der Waals surface area contributed by atoms with Crippen LogP contribution in [0.15, 0.2) is 30.6 Å². The van der Waals surface area contributed by atoms with Crippen LogP contribution in [0.5, 0.6) is 0 Å². The fourth-order valence-corrected chi connectivity index (χ4v) is 3.73. The van der Waals surface area contributed by atoms with Gasteiger partial charge in [-0.3, -0.25) is 4.79 Å². The van der Waals surface area contributed by atoms with Crippen LogP contribution in [0.3, 0.4) is 0 Å². The average molecular weight is 407 g/mol. The van der Waals surface area contributed by atoms with Gasteiger partial charge in [0.05, 0.1) is 5.69 Å². The third kappa shape index (κ3) is 3.43. The molecule has 1 saturated heterocycles. The van der Waals surface area contributed by atoms with Gasteiger partial charge in [0.2, 0.25) is 0 Å². The number of rotatable bonds is 3. The Kier molecular flexibility index (Phi) is 4.93. The molecule has 1 aromatic carbocycles. The van der Waals surface area contributed by atoms with Gasteiger partial charge in [0, 0.05) is 19.0 Å². The molecule has 2 unspecified atom stereocenters. The van der Waals surface area contributed by atoms with Gasteiger partial charge in [0.25, 0.3) is 18.1 Å². The van der Waals surface area contributed by atoms with Crippen LogP contribution >= 0.6 is 0 Å². The summed E-state index contributed by atoms with van der Waals surface area (Å²) in [5.41, 5.74) is -0.618. The van der Waals surface area contributed by atoms with Crippen LogP contribution < -0.4 is 0 Å². The molecule has 4 rings (SSSR count). The molecule has 0 spiro atoms. The highest BCUT2D eigenvalue weighted by Gasteiger charge is 2.34. The number of amides is 1. The van der Waals surface area contributed by atoms with E-state index < -0.39 is 35.2 Å². The first-order chi connectivity index (χ1) is 13.9. The normalized spacial score (nSPS) is 19.9. The van der Waals surface area contributed by atoms with Crippen LogP contribution in [0.4, 0.5) is 17.6 Å². The quantitative estimate of drug-likeness (QED) is 0.623. The predicted octanol–water partition coefficient (Wildman–Crippen LogP) is 3.61. The monoisotopic (exact) mass is 407 g/mol. The van der Waals surface area contributed by atoms with Crippen LogP contribution in [0, 0.1) is 17.6 Å². The van der Waals surface area contributed by atoms with Crippen LogP contribution in [0.1, 0.15) is 47.4 Å². The van der Waals surface area contributed by atoms with Crippen molar-refractivity contribution in [2.24, 2.45) is 5.92 Å². The van der Waals surface area contributed by atoms with E-state index >= 15 is 0 Å². The number of benzene rings is 1.